The molecule has 0 spiro atoms. The molecule has 0 N–H and O–H groups in total. The SMILES string of the molecule is CCC[C](C)Cl. The molecular weight excluding hydrogens is 95.5 g/mol. The van der Waals surface area contributed by atoms with Gasteiger partial charge in [-0.3, -0.25) is 0 Å². The maximum atomic E-state index is 5.49. The quantitative estimate of drug-likeness (QED) is 0.506. The fraction of sp³-hybridized carbons (Fsp3) is 0.800. The fourth-order valence-electron chi connectivity index (χ4n) is 0.344. The van der Waals surface area contributed by atoms with Crippen LogP contribution in [0.1, 0.15) is 26.7 Å². The van der Waals surface area contributed by atoms with E-state index in [0.717, 1.165) is 18.2 Å². The molecule has 0 heterocycles. The van der Waals surface area contributed by atoms with Gasteiger partial charge in [0.15, 0.2) is 0 Å². The first-order valence-corrected chi connectivity index (χ1v) is 2.63. The van der Waals surface area contributed by atoms with Crippen LogP contribution >= 0.6 is 11.6 Å². The van der Waals surface area contributed by atoms with Crippen molar-refractivity contribution in [2.75, 3.05) is 0 Å². The molecule has 0 aromatic rings. The summed E-state index contributed by atoms with van der Waals surface area (Å²) < 4.78 is 0. The molecule has 0 fully saturated rings. The summed E-state index contributed by atoms with van der Waals surface area (Å²) in [6.45, 7) is 4.05. The highest BCUT2D eigenvalue weighted by Crippen LogP contribution is 2.10. The Morgan fingerprint density at radius 1 is 1.67 bits per heavy atom. The van der Waals surface area contributed by atoms with Gasteiger partial charge in [-0.1, -0.05) is 13.3 Å². The Hall–Kier alpha value is 0.290. The van der Waals surface area contributed by atoms with Gasteiger partial charge in [0.1, 0.15) is 0 Å². The van der Waals surface area contributed by atoms with Gasteiger partial charge in [0.05, 0.1) is 5.38 Å². The first-order valence-electron chi connectivity index (χ1n) is 2.25. The summed E-state index contributed by atoms with van der Waals surface area (Å²) in [4.78, 5) is 0. The van der Waals surface area contributed by atoms with Crippen molar-refractivity contribution in [2.24, 2.45) is 0 Å². The van der Waals surface area contributed by atoms with Gasteiger partial charge in [0.2, 0.25) is 0 Å². The van der Waals surface area contributed by atoms with E-state index in [1.165, 1.54) is 0 Å². The van der Waals surface area contributed by atoms with Crippen LogP contribution in [0.4, 0.5) is 0 Å². The van der Waals surface area contributed by atoms with E-state index in [-0.39, 0.29) is 0 Å². The molecule has 1 heteroatoms. The predicted molar refractivity (Wildman–Crippen MR) is 29.7 cm³/mol. The average Bonchev–Trinajstić information content (AvgIpc) is 1.35. The minimum atomic E-state index is 1.01. The standard InChI is InChI=1S/C5H10Cl/c1-3-4-5(2)6/h3-4H2,1-2H3. The summed E-state index contributed by atoms with van der Waals surface area (Å²) in [7, 11) is 0. The van der Waals surface area contributed by atoms with Gasteiger partial charge in [-0.05, 0) is 13.3 Å². The molecule has 0 aliphatic carbocycles. The molecule has 0 unspecified atom stereocenters. The van der Waals surface area contributed by atoms with Gasteiger partial charge in [0.25, 0.3) is 0 Å². The van der Waals surface area contributed by atoms with E-state index in [1.807, 2.05) is 6.92 Å². The minimum absolute atomic E-state index is 1.01. The van der Waals surface area contributed by atoms with Crippen LogP contribution in [0.5, 0.6) is 0 Å². The molecule has 0 bridgehead atoms. The van der Waals surface area contributed by atoms with Crippen LogP contribution in [0.25, 0.3) is 0 Å². The zero-order chi connectivity index (χ0) is 4.99. The predicted octanol–water partition coefficient (Wildman–Crippen LogP) is 2.58. The van der Waals surface area contributed by atoms with Crippen LogP contribution in [0.15, 0.2) is 0 Å². The van der Waals surface area contributed by atoms with Crippen molar-refractivity contribution >= 4 is 11.6 Å². The Morgan fingerprint density at radius 2 is 2.17 bits per heavy atom. The molecule has 6 heavy (non-hydrogen) atoms. The molecule has 0 aromatic carbocycles. The zero-order valence-corrected chi connectivity index (χ0v) is 5.05. The Kier molecular flexibility index (Phi) is 3.65. The van der Waals surface area contributed by atoms with Crippen molar-refractivity contribution in [2.45, 2.75) is 26.7 Å². The lowest BCUT2D eigenvalue weighted by Crippen LogP contribution is -1.74. The smallest absolute Gasteiger partial charge is 0.0607 e. The van der Waals surface area contributed by atoms with Crippen molar-refractivity contribution in [1.29, 1.82) is 0 Å². The third-order valence-corrected chi connectivity index (χ3v) is 0.783. The second-order valence-electron chi connectivity index (χ2n) is 1.43. The van der Waals surface area contributed by atoms with Crippen LogP contribution in [-0.4, -0.2) is 0 Å². The summed E-state index contributed by atoms with van der Waals surface area (Å²) in [5, 5.41) is 1.01. The number of hydrogen-bond donors (Lipinski definition) is 0. The third kappa shape index (κ3) is 4.29. The molecule has 0 aromatic heterocycles. The lowest BCUT2D eigenvalue weighted by Gasteiger charge is -1.92. The summed E-state index contributed by atoms with van der Waals surface area (Å²) in [6.07, 6.45) is 2.22. The van der Waals surface area contributed by atoms with Gasteiger partial charge in [-0.15, -0.1) is 11.6 Å². The summed E-state index contributed by atoms with van der Waals surface area (Å²) in [5.41, 5.74) is 0. The highest BCUT2D eigenvalue weighted by atomic mass is 35.5. The molecule has 0 aliphatic rings. The monoisotopic (exact) mass is 105 g/mol. The van der Waals surface area contributed by atoms with Crippen molar-refractivity contribution in [3.8, 4) is 0 Å². The zero-order valence-electron chi connectivity index (χ0n) is 4.29. The largest absolute Gasteiger partial charge is 0.118 e. The molecule has 0 rings (SSSR count). The van der Waals surface area contributed by atoms with E-state index >= 15 is 0 Å². The maximum absolute atomic E-state index is 5.49. The number of halogens is 1. The van der Waals surface area contributed by atoms with E-state index in [9.17, 15) is 0 Å². The fourth-order valence-corrected chi connectivity index (χ4v) is 0.533. The average molecular weight is 106 g/mol. The number of hydrogen-bond acceptors (Lipinski definition) is 0. The van der Waals surface area contributed by atoms with Crippen LogP contribution in [-0.2, 0) is 0 Å². The Morgan fingerprint density at radius 3 is 2.17 bits per heavy atom. The van der Waals surface area contributed by atoms with E-state index in [1.54, 1.807) is 0 Å². The van der Waals surface area contributed by atoms with Gasteiger partial charge in [-0.25, -0.2) is 0 Å². The van der Waals surface area contributed by atoms with Gasteiger partial charge in [0, 0.05) is 0 Å². The van der Waals surface area contributed by atoms with Crippen LogP contribution in [0.3, 0.4) is 0 Å². The normalized spacial score (nSPS) is 10.0. The van der Waals surface area contributed by atoms with E-state index in [0.29, 0.717) is 0 Å². The minimum Gasteiger partial charge on any atom is -0.118 e. The summed E-state index contributed by atoms with van der Waals surface area (Å²) >= 11 is 5.49. The van der Waals surface area contributed by atoms with Crippen LogP contribution < -0.4 is 0 Å². The molecule has 0 saturated carbocycles. The van der Waals surface area contributed by atoms with E-state index in [2.05, 4.69) is 6.92 Å². The van der Waals surface area contributed by atoms with E-state index < -0.39 is 0 Å². The molecule has 0 nitrogen and oxygen atoms in total. The van der Waals surface area contributed by atoms with Crippen molar-refractivity contribution in [3.63, 3.8) is 0 Å². The molecule has 0 saturated heterocycles. The molecule has 0 amide bonds. The van der Waals surface area contributed by atoms with Crippen LogP contribution in [0.2, 0.25) is 0 Å². The summed E-state index contributed by atoms with van der Waals surface area (Å²) in [6, 6.07) is 0. The van der Waals surface area contributed by atoms with Crippen molar-refractivity contribution < 1.29 is 0 Å². The Bertz CT molecular complexity index is 25.1. The third-order valence-electron chi connectivity index (χ3n) is 0.594. The van der Waals surface area contributed by atoms with E-state index in [4.69, 9.17) is 11.6 Å². The second kappa shape index (κ2) is 3.48. The lowest BCUT2D eigenvalue weighted by atomic mass is 10.3. The molecule has 0 atom stereocenters. The van der Waals surface area contributed by atoms with Crippen molar-refractivity contribution in [1.82, 2.24) is 0 Å². The number of rotatable bonds is 2. The van der Waals surface area contributed by atoms with Gasteiger partial charge >= 0.3 is 0 Å². The van der Waals surface area contributed by atoms with Crippen molar-refractivity contribution in [3.05, 3.63) is 5.38 Å². The first-order chi connectivity index (χ1) is 2.77. The molecular formula is C5H10Cl. The molecule has 1 radical (unpaired) electrons. The summed E-state index contributed by atoms with van der Waals surface area (Å²) in [5.74, 6) is 0. The Balaban J connectivity index is 2.63. The molecule has 0 aliphatic heterocycles. The highest BCUT2D eigenvalue weighted by Gasteiger charge is 1.89. The van der Waals surface area contributed by atoms with Crippen LogP contribution in [0, 0.1) is 5.38 Å². The highest BCUT2D eigenvalue weighted by molar-refractivity contribution is 6.26. The maximum Gasteiger partial charge on any atom is 0.0607 e. The molecule has 37 valence electrons. The van der Waals surface area contributed by atoms with Gasteiger partial charge in [-0.2, -0.15) is 0 Å². The lowest BCUT2D eigenvalue weighted by molar-refractivity contribution is 0.875. The topological polar surface area (TPSA) is 0 Å². The Labute approximate surface area is 44.5 Å². The second-order valence-corrected chi connectivity index (χ2v) is 2.07. The first kappa shape index (κ1) is 6.29. The van der Waals surface area contributed by atoms with Gasteiger partial charge < -0.3 is 0 Å².